The van der Waals surface area contributed by atoms with Gasteiger partial charge in [-0.1, -0.05) is 18.2 Å². The van der Waals surface area contributed by atoms with E-state index in [1.165, 1.54) is 6.20 Å². The summed E-state index contributed by atoms with van der Waals surface area (Å²) in [7, 11) is 0. The highest BCUT2D eigenvalue weighted by atomic mass is 16.1. The second kappa shape index (κ2) is 4.39. The number of benzene rings is 1. The van der Waals surface area contributed by atoms with E-state index < -0.39 is 5.91 Å². The van der Waals surface area contributed by atoms with Crippen LogP contribution in [0.1, 0.15) is 28.9 Å². The van der Waals surface area contributed by atoms with Crippen LogP contribution >= 0.6 is 0 Å². The number of nitrogens with two attached hydrogens (primary N) is 2. The summed E-state index contributed by atoms with van der Waals surface area (Å²) in [4.78, 5) is 11.0. The fraction of sp³-hybridized carbons (Fsp3) is 0.167. The maximum Gasteiger partial charge on any atom is 0.251 e. The van der Waals surface area contributed by atoms with Gasteiger partial charge in [0.2, 0.25) is 0 Å². The van der Waals surface area contributed by atoms with E-state index in [9.17, 15) is 4.79 Å². The Hall–Kier alpha value is -2.14. The predicted molar refractivity (Wildman–Crippen MR) is 64.7 cm³/mol. The number of nitrogens with zero attached hydrogens (tertiary/aromatic N) is 2. The molecule has 4 N–H and O–H groups in total. The van der Waals surface area contributed by atoms with E-state index in [-0.39, 0.29) is 6.04 Å². The van der Waals surface area contributed by atoms with Crippen LogP contribution in [-0.4, -0.2) is 15.7 Å². The van der Waals surface area contributed by atoms with Crippen molar-refractivity contribution in [2.75, 3.05) is 0 Å². The third-order valence-corrected chi connectivity index (χ3v) is 2.54. The standard InChI is InChI=1S/C12H14N4O/c1-8(13)10-4-2-3-5-11(10)16-7-9(6-15-16)12(14)17/h2-8H,13H2,1H3,(H2,14,17)/t8-/m0/s1. The number of carbonyl (C=O) groups excluding carboxylic acids is 1. The highest BCUT2D eigenvalue weighted by Gasteiger charge is 2.10. The molecule has 1 amide bonds. The molecule has 5 nitrogen and oxygen atoms in total. The second-order valence-electron chi connectivity index (χ2n) is 3.89. The Balaban J connectivity index is 2.48. The number of hydrogen-bond donors (Lipinski definition) is 2. The highest BCUT2D eigenvalue weighted by Crippen LogP contribution is 2.19. The van der Waals surface area contributed by atoms with Crippen LogP contribution in [0.2, 0.25) is 0 Å². The highest BCUT2D eigenvalue weighted by molar-refractivity contribution is 5.92. The Morgan fingerprint density at radius 1 is 1.41 bits per heavy atom. The van der Waals surface area contributed by atoms with Crippen molar-refractivity contribution in [1.29, 1.82) is 0 Å². The van der Waals surface area contributed by atoms with Gasteiger partial charge in [0.15, 0.2) is 0 Å². The normalized spacial score (nSPS) is 12.4. The van der Waals surface area contributed by atoms with Crippen LogP contribution in [0.25, 0.3) is 5.69 Å². The van der Waals surface area contributed by atoms with Crippen LogP contribution < -0.4 is 11.5 Å². The lowest BCUT2D eigenvalue weighted by molar-refractivity contribution is 0.100. The van der Waals surface area contributed by atoms with Crippen molar-refractivity contribution < 1.29 is 4.79 Å². The van der Waals surface area contributed by atoms with Gasteiger partial charge in [0, 0.05) is 12.2 Å². The van der Waals surface area contributed by atoms with Gasteiger partial charge in [-0.3, -0.25) is 4.79 Å². The Labute approximate surface area is 99.0 Å². The van der Waals surface area contributed by atoms with Crippen molar-refractivity contribution in [3.8, 4) is 5.69 Å². The summed E-state index contributed by atoms with van der Waals surface area (Å²) >= 11 is 0. The van der Waals surface area contributed by atoms with Gasteiger partial charge >= 0.3 is 0 Å². The maximum absolute atomic E-state index is 11.0. The zero-order valence-corrected chi connectivity index (χ0v) is 9.50. The van der Waals surface area contributed by atoms with Gasteiger partial charge < -0.3 is 11.5 Å². The Morgan fingerprint density at radius 2 is 2.12 bits per heavy atom. The van der Waals surface area contributed by atoms with Crippen molar-refractivity contribution >= 4 is 5.91 Å². The molecule has 0 saturated carbocycles. The molecular formula is C12H14N4O. The molecule has 0 aliphatic carbocycles. The van der Waals surface area contributed by atoms with Crippen molar-refractivity contribution in [3.05, 3.63) is 47.8 Å². The molecule has 1 atom stereocenters. The first-order valence-electron chi connectivity index (χ1n) is 5.29. The first-order chi connectivity index (χ1) is 8.09. The number of aromatic nitrogens is 2. The third-order valence-electron chi connectivity index (χ3n) is 2.54. The molecular weight excluding hydrogens is 216 g/mol. The van der Waals surface area contributed by atoms with Crippen LogP contribution in [0.15, 0.2) is 36.7 Å². The minimum Gasteiger partial charge on any atom is -0.366 e. The zero-order chi connectivity index (χ0) is 12.4. The Morgan fingerprint density at radius 3 is 2.71 bits per heavy atom. The summed E-state index contributed by atoms with van der Waals surface area (Å²) in [5.41, 5.74) is 13.3. The minimum atomic E-state index is -0.491. The van der Waals surface area contributed by atoms with Gasteiger partial charge in [-0.25, -0.2) is 4.68 Å². The molecule has 0 aliphatic rings. The lowest BCUT2D eigenvalue weighted by atomic mass is 10.1. The molecule has 0 bridgehead atoms. The fourth-order valence-electron chi connectivity index (χ4n) is 1.66. The molecule has 0 radical (unpaired) electrons. The van der Waals surface area contributed by atoms with Crippen molar-refractivity contribution in [2.45, 2.75) is 13.0 Å². The second-order valence-corrected chi connectivity index (χ2v) is 3.89. The third kappa shape index (κ3) is 2.19. The topological polar surface area (TPSA) is 86.9 Å². The van der Waals surface area contributed by atoms with E-state index in [2.05, 4.69) is 5.10 Å². The quantitative estimate of drug-likeness (QED) is 0.824. The molecule has 5 heteroatoms. The zero-order valence-electron chi connectivity index (χ0n) is 9.50. The van der Waals surface area contributed by atoms with Crippen LogP contribution in [0.3, 0.4) is 0 Å². The van der Waals surface area contributed by atoms with Crippen molar-refractivity contribution in [2.24, 2.45) is 11.5 Å². The number of carbonyl (C=O) groups is 1. The lowest BCUT2D eigenvalue weighted by Gasteiger charge is -2.11. The smallest absolute Gasteiger partial charge is 0.251 e. The molecule has 2 rings (SSSR count). The Kier molecular flexibility index (Phi) is 2.93. The predicted octanol–water partition coefficient (Wildman–Crippen LogP) is 0.991. The van der Waals surface area contributed by atoms with Crippen LogP contribution in [0.4, 0.5) is 0 Å². The molecule has 0 saturated heterocycles. The van der Waals surface area contributed by atoms with Gasteiger partial charge in [-0.2, -0.15) is 5.10 Å². The van der Waals surface area contributed by atoms with Gasteiger partial charge in [0.1, 0.15) is 0 Å². The summed E-state index contributed by atoms with van der Waals surface area (Å²) in [6, 6.07) is 7.54. The molecule has 1 heterocycles. The van der Waals surface area contributed by atoms with E-state index in [0.717, 1.165) is 11.3 Å². The molecule has 1 aromatic carbocycles. The SMILES string of the molecule is C[C@H](N)c1ccccc1-n1cc(C(N)=O)cn1. The fourth-order valence-corrected chi connectivity index (χ4v) is 1.66. The van der Waals surface area contributed by atoms with Crippen LogP contribution in [0.5, 0.6) is 0 Å². The molecule has 0 spiro atoms. The first-order valence-corrected chi connectivity index (χ1v) is 5.29. The van der Waals surface area contributed by atoms with Gasteiger partial charge in [0.05, 0.1) is 17.4 Å². The molecule has 0 unspecified atom stereocenters. The monoisotopic (exact) mass is 230 g/mol. The number of rotatable bonds is 3. The summed E-state index contributed by atoms with van der Waals surface area (Å²) < 4.78 is 1.61. The van der Waals surface area contributed by atoms with Crippen molar-refractivity contribution in [3.63, 3.8) is 0 Å². The molecule has 0 aliphatic heterocycles. The maximum atomic E-state index is 11.0. The van der Waals surface area contributed by atoms with Gasteiger partial charge in [-0.15, -0.1) is 0 Å². The average Bonchev–Trinajstić information content (AvgIpc) is 2.78. The van der Waals surface area contributed by atoms with E-state index in [4.69, 9.17) is 11.5 Å². The van der Waals surface area contributed by atoms with Gasteiger partial charge in [-0.05, 0) is 18.6 Å². The first kappa shape index (κ1) is 11.3. The molecule has 2 aromatic rings. The molecule has 0 fully saturated rings. The van der Waals surface area contributed by atoms with Crippen LogP contribution in [0, 0.1) is 0 Å². The molecule has 1 aromatic heterocycles. The summed E-state index contributed by atoms with van der Waals surface area (Å²) in [6.07, 6.45) is 3.05. The Bertz CT molecular complexity index is 545. The van der Waals surface area contributed by atoms with E-state index >= 15 is 0 Å². The average molecular weight is 230 g/mol. The van der Waals surface area contributed by atoms with E-state index in [1.807, 2.05) is 31.2 Å². The van der Waals surface area contributed by atoms with E-state index in [0.29, 0.717) is 5.56 Å². The number of amides is 1. The molecule has 17 heavy (non-hydrogen) atoms. The minimum absolute atomic E-state index is 0.104. The lowest BCUT2D eigenvalue weighted by Crippen LogP contribution is -2.11. The number of hydrogen-bond acceptors (Lipinski definition) is 3. The summed E-state index contributed by atoms with van der Waals surface area (Å²) in [5, 5.41) is 4.11. The van der Waals surface area contributed by atoms with Crippen molar-refractivity contribution in [1.82, 2.24) is 9.78 Å². The number of primary amides is 1. The summed E-state index contributed by atoms with van der Waals surface area (Å²) in [5.74, 6) is -0.491. The molecule has 88 valence electrons. The van der Waals surface area contributed by atoms with Crippen LogP contribution in [-0.2, 0) is 0 Å². The van der Waals surface area contributed by atoms with Gasteiger partial charge in [0.25, 0.3) is 5.91 Å². The number of para-hydroxylation sites is 1. The van der Waals surface area contributed by atoms with E-state index in [1.54, 1.807) is 10.9 Å². The summed E-state index contributed by atoms with van der Waals surface area (Å²) in [6.45, 7) is 1.90. The largest absolute Gasteiger partial charge is 0.366 e.